The summed E-state index contributed by atoms with van der Waals surface area (Å²) in [7, 11) is -2.39. The van der Waals surface area contributed by atoms with E-state index in [1.165, 1.54) is 23.3 Å². The van der Waals surface area contributed by atoms with Crippen LogP contribution in [0.5, 0.6) is 11.5 Å². The summed E-state index contributed by atoms with van der Waals surface area (Å²) < 4.78 is 39.2. The molecule has 1 saturated heterocycles. The maximum atomic E-state index is 14.1. The third-order valence-electron chi connectivity index (χ3n) is 10.7. The molecule has 3 N–H and O–H groups in total. The lowest BCUT2D eigenvalue weighted by Crippen LogP contribution is -2.57. The number of nitrogens with one attached hydrogen (secondary N) is 3. The summed E-state index contributed by atoms with van der Waals surface area (Å²) in [5, 5.41) is 9.42. The van der Waals surface area contributed by atoms with Crippen LogP contribution in [-0.2, 0) is 19.6 Å². The smallest absolute Gasteiger partial charge is 0.318 e. The van der Waals surface area contributed by atoms with Gasteiger partial charge in [-0.2, -0.15) is 0 Å². The monoisotopic (exact) mass is 788 g/mol. The Bertz CT molecular complexity index is 2000. The van der Waals surface area contributed by atoms with E-state index in [0.717, 1.165) is 31.4 Å². The molecule has 0 bridgehead atoms. The van der Waals surface area contributed by atoms with Crippen LogP contribution in [0.2, 0.25) is 5.02 Å². The highest BCUT2D eigenvalue weighted by molar-refractivity contribution is 7.91. The number of likely N-dealkylation sites (tertiary alicyclic amines) is 1. The number of hydrogen-bond acceptors (Lipinski definition) is 10. The molecule has 2 saturated carbocycles. The van der Waals surface area contributed by atoms with E-state index in [1.54, 1.807) is 32.0 Å². The molecule has 0 unspecified atom stereocenters. The Morgan fingerprint density at radius 3 is 2.49 bits per heavy atom. The van der Waals surface area contributed by atoms with Gasteiger partial charge in [0.25, 0.3) is 5.91 Å². The molecule has 53 heavy (non-hydrogen) atoms. The molecule has 288 valence electrons. The number of hydrogen-bond donors (Lipinski definition) is 3. The minimum atomic E-state index is -3.92. The van der Waals surface area contributed by atoms with Crippen molar-refractivity contribution >= 4 is 61.7 Å². The number of unbranched alkanes of at least 4 members (excludes halogenated alkanes) is 3. The lowest BCUT2D eigenvalue weighted by Gasteiger charge is -2.27. The van der Waals surface area contributed by atoms with E-state index in [-0.39, 0.29) is 31.2 Å². The first-order valence-corrected chi connectivity index (χ1v) is 21.1. The second kappa shape index (κ2) is 15.2. The van der Waals surface area contributed by atoms with Gasteiger partial charge in [0.05, 0.1) is 29.6 Å². The molecule has 3 fully saturated rings. The average molecular weight is 789 g/mol. The Morgan fingerprint density at radius 1 is 1.13 bits per heavy atom. The van der Waals surface area contributed by atoms with Crippen molar-refractivity contribution in [2.45, 2.75) is 114 Å². The normalized spacial score (nSPS) is 23.2. The predicted molar refractivity (Wildman–Crippen MR) is 205 cm³/mol. The fourth-order valence-corrected chi connectivity index (χ4v) is 9.22. The van der Waals surface area contributed by atoms with Crippen molar-refractivity contribution in [3.05, 3.63) is 34.3 Å². The van der Waals surface area contributed by atoms with Crippen molar-refractivity contribution in [2.24, 2.45) is 5.92 Å². The van der Waals surface area contributed by atoms with Crippen molar-refractivity contribution in [1.29, 1.82) is 0 Å². The van der Waals surface area contributed by atoms with Crippen molar-refractivity contribution in [2.75, 3.05) is 20.2 Å². The molecule has 0 spiro atoms. The maximum absolute atomic E-state index is 14.1. The topological polar surface area (TPSA) is 169 Å². The van der Waals surface area contributed by atoms with E-state index >= 15 is 0 Å². The number of carbonyl (C=O) groups excluding carboxylic acids is 3. The standard InChI is InChI=1S/C37H49ClN6O7S2/c1-7-8-9-10-15-39-35(47)44-19-23(16-27(44)32(45)42-37(18-22(37)4)34(46)43-53(48,49)36(5)13-14-36)51-29-17-25(33-41-26(20-52-33)21(2)3)40-31-24(29)11-12-28(50-6)30(31)38/h11-12,17,20-23,27H,7-10,13-16,18-19H2,1-6H3,(H,39,47)(H,42,45)(H,43,46)/t22-,23-,27+,37-/m1/s1. The summed E-state index contributed by atoms with van der Waals surface area (Å²) in [6.07, 6.45) is 4.57. The highest BCUT2D eigenvalue weighted by atomic mass is 35.5. The molecule has 1 aromatic carbocycles. The Kier molecular flexibility index (Phi) is 11.2. The van der Waals surface area contributed by atoms with Crippen molar-refractivity contribution in [1.82, 2.24) is 30.2 Å². The number of benzene rings is 1. The second-order valence-electron chi connectivity index (χ2n) is 15.1. The summed E-state index contributed by atoms with van der Waals surface area (Å²) in [5.41, 5.74) is 0.548. The lowest BCUT2D eigenvalue weighted by molar-refractivity contribution is -0.131. The minimum Gasteiger partial charge on any atom is -0.495 e. The predicted octanol–water partition coefficient (Wildman–Crippen LogP) is 6.15. The summed E-state index contributed by atoms with van der Waals surface area (Å²) in [4.78, 5) is 52.3. The number of ether oxygens (including phenoxy) is 2. The van der Waals surface area contributed by atoms with Crippen LogP contribution in [0.25, 0.3) is 21.6 Å². The molecule has 3 aliphatic rings. The highest BCUT2D eigenvalue weighted by Gasteiger charge is 2.62. The van der Waals surface area contributed by atoms with Crippen LogP contribution in [0.3, 0.4) is 0 Å². The van der Waals surface area contributed by atoms with Gasteiger partial charge < -0.3 is 25.0 Å². The second-order valence-corrected chi connectivity index (χ2v) is 18.5. The maximum Gasteiger partial charge on any atom is 0.318 e. The van der Waals surface area contributed by atoms with Crippen LogP contribution in [0.15, 0.2) is 23.6 Å². The van der Waals surface area contributed by atoms with Crippen LogP contribution >= 0.6 is 22.9 Å². The molecule has 3 heterocycles. The average Bonchev–Trinajstić information content (AvgIpc) is 3.85. The van der Waals surface area contributed by atoms with Crippen LogP contribution in [0.1, 0.15) is 97.6 Å². The number of aromatic nitrogens is 2. The van der Waals surface area contributed by atoms with Crippen molar-refractivity contribution in [3.8, 4) is 22.2 Å². The third kappa shape index (κ3) is 7.93. The number of amides is 4. The zero-order valence-corrected chi connectivity index (χ0v) is 33.5. The van der Waals surface area contributed by atoms with Gasteiger partial charge in [0.2, 0.25) is 15.9 Å². The fraction of sp³-hybridized carbons (Fsp3) is 0.595. The Morgan fingerprint density at radius 2 is 1.87 bits per heavy atom. The first kappa shape index (κ1) is 39.0. The summed E-state index contributed by atoms with van der Waals surface area (Å²) in [6, 6.07) is 3.92. The molecular formula is C37H49ClN6O7S2. The van der Waals surface area contributed by atoms with E-state index in [0.29, 0.717) is 57.5 Å². The number of carbonyl (C=O) groups is 3. The fourth-order valence-electron chi connectivity index (χ4n) is 6.68. The van der Waals surface area contributed by atoms with E-state index in [9.17, 15) is 22.8 Å². The first-order valence-electron chi connectivity index (χ1n) is 18.4. The molecule has 2 aromatic heterocycles. The summed E-state index contributed by atoms with van der Waals surface area (Å²) in [5.74, 6) is -0.484. The van der Waals surface area contributed by atoms with Crippen LogP contribution < -0.4 is 24.8 Å². The number of thiazole rings is 1. The van der Waals surface area contributed by atoms with Gasteiger partial charge in [-0.1, -0.05) is 58.6 Å². The molecule has 1 aliphatic heterocycles. The molecule has 3 aromatic rings. The number of pyridine rings is 1. The van der Waals surface area contributed by atoms with E-state index in [2.05, 4.69) is 36.1 Å². The number of fused-ring (bicyclic) bond motifs is 1. The summed E-state index contributed by atoms with van der Waals surface area (Å²) in [6.45, 7) is 10.2. The number of rotatable bonds is 15. The number of halogens is 1. The molecular weight excluding hydrogens is 740 g/mol. The third-order valence-corrected chi connectivity index (χ3v) is 14.1. The van der Waals surface area contributed by atoms with E-state index in [4.69, 9.17) is 31.0 Å². The zero-order valence-electron chi connectivity index (χ0n) is 31.1. The molecule has 6 rings (SSSR count). The first-order chi connectivity index (χ1) is 25.1. The van der Waals surface area contributed by atoms with Crippen LogP contribution in [0, 0.1) is 5.92 Å². The molecule has 0 radical (unpaired) electrons. The number of sulfonamides is 1. The molecule has 13 nitrogen and oxygen atoms in total. The van der Waals surface area contributed by atoms with Gasteiger partial charge in [0.15, 0.2) is 0 Å². The number of methoxy groups -OCH3 is 1. The summed E-state index contributed by atoms with van der Waals surface area (Å²) >= 11 is 8.25. The van der Waals surface area contributed by atoms with E-state index < -0.39 is 50.3 Å². The molecule has 4 atom stereocenters. The van der Waals surface area contributed by atoms with Gasteiger partial charge in [-0.3, -0.25) is 14.3 Å². The Hall–Kier alpha value is -3.69. The van der Waals surface area contributed by atoms with Gasteiger partial charge in [-0.15, -0.1) is 11.3 Å². The zero-order chi connectivity index (χ0) is 38.3. The van der Waals surface area contributed by atoms with E-state index in [1.807, 2.05) is 5.38 Å². The molecule has 4 amide bonds. The van der Waals surface area contributed by atoms with Gasteiger partial charge in [-0.05, 0) is 56.6 Å². The lowest BCUT2D eigenvalue weighted by atomic mass is 10.1. The van der Waals surface area contributed by atoms with Gasteiger partial charge in [0, 0.05) is 29.8 Å². The number of urea groups is 1. The quantitative estimate of drug-likeness (QED) is 0.153. The van der Waals surface area contributed by atoms with Crippen molar-refractivity contribution < 1.29 is 32.3 Å². The Balaban J connectivity index is 1.28. The van der Waals surface area contributed by atoms with Gasteiger partial charge >= 0.3 is 6.03 Å². The SMILES string of the molecule is CCCCCCNC(=O)N1C[C@H](Oc2cc(-c3nc(C(C)C)cs3)nc3c(Cl)c(OC)ccc23)C[C@H]1C(=O)N[C@]1(C(=O)NS(=O)(=O)C2(C)CC2)C[C@H]1C. The molecule has 16 heteroatoms. The minimum absolute atomic E-state index is 0.0815. The van der Waals surface area contributed by atoms with Gasteiger partial charge in [-0.25, -0.2) is 23.2 Å². The largest absolute Gasteiger partial charge is 0.495 e. The Labute approximate surface area is 320 Å². The van der Waals surface area contributed by atoms with Crippen molar-refractivity contribution in [3.63, 3.8) is 0 Å². The van der Waals surface area contributed by atoms with Crippen LogP contribution in [0.4, 0.5) is 4.79 Å². The number of nitrogens with zero attached hydrogens (tertiary/aromatic N) is 3. The van der Waals surface area contributed by atoms with Gasteiger partial charge in [0.1, 0.15) is 44.9 Å². The molecule has 2 aliphatic carbocycles. The highest BCUT2D eigenvalue weighted by Crippen LogP contribution is 2.46. The van der Waals surface area contributed by atoms with Crippen LogP contribution in [-0.4, -0.2) is 83.8 Å².